The summed E-state index contributed by atoms with van der Waals surface area (Å²) in [6.07, 6.45) is 0.113. The molecule has 0 unspecified atom stereocenters. The van der Waals surface area contributed by atoms with E-state index in [0.717, 1.165) is 0 Å². The Morgan fingerprint density at radius 1 is 1.55 bits per heavy atom. The molecule has 1 fully saturated rings. The first-order chi connectivity index (χ1) is 10.5. The third-order valence-electron chi connectivity index (χ3n) is 3.68. The van der Waals surface area contributed by atoms with Gasteiger partial charge >= 0.3 is 0 Å². The Kier molecular flexibility index (Phi) is 5.15. The fourth-order valence-corrected chi connectivity index (χ4v) is 2.39. The third-order valence-corrected chi connectivity index (χ3v) is 3.68. The number of amides is 2. The molecule has 8 nitrogen and oxygen atoms in total. The number of methoxy groups -OCH3 is 1. The molecular weight excluding hydrogens is 290 g/mol. The Labute approximate surface area is 128 Å². The Morgan fingerprint density at radius 3 is 2.91 bits per heavy atom. The van der Waals surface area contributed by atoms with Gasteiger partial charge in [-0.05, 0) is 6.92 Å². The van der Waals surface area contributed by atoms with E-state index in [1.807, 2.05) is 0 Å². The van der Waals surface area contributed by atoms with Gasteiger partial charge in [0.15, 0.2) is 5.69 Å². The molecule has 0 saturated carbocycles. The highest BCUT2D eigenvalue weighted by molar-refractivity contribution is 5.92. The first-order valence-corrected chi connectivity index (χ1v) is 7.06. The molecule has 22 heavy (non-hydrogen) atoms. The second-order valence-electron chi connectivity index (χ2n) is 5.34. The van der Waals surface area contributed by atoms with Crippen molar-refractivity contribution >= 4 is 11.8 Å². The number of aryl methyl sites for hydroxylation is 1. The Morgan fingerprint density at radius 2 is 2.32 bits per heavy atom. The second-order valence-corrected chi connectivity index (χ2v) is 5.34. The molecule has 2 amide bonds. The van der Waals surface area contributed by atoms with Crippen molar-refractivity contribution in [3.05, 3.63) is 17.5 Å². The largest absolute Gasteiger partial charge is 0.377 e. The summed E-state index contributed by atoms with van der Waals surface area (Å²) in [4.78, 5) is 25.8. The predicted octanol–water partition coefficient (Wildman–Crippen LogP) is -0.0233. The topological polar surface area (TPSA) is 93.9 Å². The van der Waals surface area contributed by atoms with E-state index in [2.05, 4.69) is 10.5 Å². The van der Waals surface area contributed by atoms with Crippen molar-refractivity contribution in [3.63, 3.8) is 0 Å². The fourth-order valence-electron chi connectivity index (χ4n) is 2.39. The van der Waals surface area contributed by atoms with E-state index in [9.17, 15) is 9.59 Å². The highest BCUT2D eigenvalue weighted by atomic mass is 16.5. The number of hydrogen-bond donors (Lipinski definition) is 1. The number of carbonyl (C=O) groups excluding carboxylic acids is 2. The Hall–Kier alpha value is -1.93. The molecule has 1 aliphatic heterocycles. The number of ether oxygens (including phenoxy) is 2. The maximum Gasteiger partial charge on any atom is 0.276 e. The van der Waals surface area contributed by atoms with Gasteiger partial charge < -0.3 is 24.2 Å². The first kappa shape index (κ1) is 16.4. The zero-order valence-electron chi connectivity index (χ0n) is 13.0. The van der Waals surface area contributed by atoms with Crippen molar-refractivity contribution < 1.29 is 23.6 Å². The van der Waals surface area contributed by atoms with E-state index >= 15 is 0 Å². The summed E-state index contributed by atoms with van der Waals surface area (Å²) >= 11 is 0. The van der Waals surface area contributed by atoms with E-state index in [0.29, 0.717) is 18.9 Å². The van der Waals surface area contributed by atoms with Gasteiger partial charge in [-0.3, -0.25) is 9.59 Å². The van der Waals surface area contributed by atoms with Crippen molar-refractivity contribution in [2.45, 2.75) is 18.9 Å². The summed E-state index contributed by atoms with van der Waals surface area (Å²) < 4.78 is 16.0. The number of carbonyl (C=O) groups is 2. The van der Waals surface area contributed by atoms with Crippen LogP contribution in [0.25, 0.3) is 0 Å². The van der Waals surface area contributed by atoms with Crippen LogP contribution in [0.3, 0.4) is 0 Å². The summed E-state index contributed by atoms with van der Waals surface area (Å²) in [6.45, 7) is 3.01. The lowest BCUT2D eigenvalue weighted by atomic mass is 9.99. The van der Waals surface area contributed by atoms with Gasteiger partial charge in [0.05, 0.1) is 26.2 Å². The van der Waals surface area contributed by atoms with Crippen molar-refractivity contribution in [2.24, 2.45) is 0 Å². The van der Waals surface area contributed by atoms with Crippen LogP contribution in [-0.4, -0.2) is 67.9 Å². The molecule has 0 bridgehead atoms. The number of rotatable bonds is 4. The molecule has 2 rings (SSSR count). The van der Waals surface area contributed by atoms with Gasteiger partial charge in [-0.25, -0.2) is 0 Å². The van der Waals surface area contributed by atoms with Crippen LogP contribution in [0.2, 0.25) is 0 Å². The van der Waals surface area contributed by atoms with Crippen molar-refractivity contribution in [1.29, 1.82) is 0 Å². The minimum Gasteiger partial charge on any atom is -0.377 e. The van der Waals surface area contributed by atoms with Gasteiger partial charge in [-0.2, -0.15) is 0 Å². The minimum absolute atomic E-state index is 0.113. The molecule has 1 aliphatic rings. The SMILES string of the molecule is CNC(=O)C[C@]1(OC)COCCN(C(=O)c2cc(C)on2)C1. The molecular formula is C14H21N3O5. The van der Waals surface area contributed by atoms with E-state index in [1.165, 1.54) is 7.11 Å². The highest BCUT2D eigenvalue weighted by Crippen LogP contribution is 2.22. The standard InChI is InChI=1S/C14H21N3O5/c1-10-6-11(16-22-10)13(19)17-4-5-21-9-14(8-17,20-3)7-12(18)15-2/h6H,4-5,7-9H2,1-3H3,(H,15,18)/t14-/m1/s1. The van der Waals surface area contributed by atoms with Gasteiger partial charge in [0.1, 0.15) is 11.4 Å². The zero-order valence-corrected chi connectivity index (χ0v) is 13.0. The minimum atomic E-state index is -0.870. The molecule has 0 aromatic carbocycles. The Bertz CT molecular complexity index is 544. The molecule has 0 spiro atoms. The van der Waals surface area contributed by atoms with E-state index in [1.54, 1.807) is 24.9 Å². The average molecular weight is 311 g/mol. The summed E-state index contributed by atoms with van der Waals surface area (Å²) in [7, 11) is 3.07. The summed E-state index contributed by atoms with van der Waals surface area (Å²) in [5.74, 6) is 0.135. The maximum atomic E-state index is 12.5. The number of nitrogens with one attached hydrogen (secondary N) is 1. The van der Waals surface area contributed by atoms with Crippen LogP contribution >= 0.6 is 0 Å². The molecule has 122 valence electrons. The molecule has 0 aliphatic carbocycles. The zero-order chi connectivity index (χ0) is 16.2. The quantitative estimate of drug-likeness (QED) is 0.839. The van der Waals surface area contributed by atoms with E-state index in [4.69, 9.17) is 14.0 Å². The lowest BCUT2D eigenvalue weighted by Gasteiger charge is -2.33. The number of aromatic nitrogens is 1. The fraction of sp³-hybridized carbons (Fsp3) is 0.643. The van der Waals surface area contributed by atoms with Gasteiger partial charge in [0.2, 0.25) is 5.91 Å². The van der Waals surface area contributed by atoms with Crippen LogP contribution in [0.15, 0.2) is 10.6 Å². The predicted molar refractivity (Wildman–Crippen MR) is 76.4 cm³/mol. The monoisotopic (exact) mass is 311 g/mol. The average Bonchev–Trinajstić information content (AvgIpc) is 2.84. The van der Waals surface area contributed by atoms with Crippen LogP contribution in [0.4, 0.5) is 0 Å². The molecule has 8 heteroatoms. The van der Waals surface area contributed by atoms with Crippen molar-refractivity contribution in [1.82, 2.24) is 15.4 Å². The van der Waals surface area contributed by atoms with E-state index < -0.39 is 5.60 Å². The van der Waals surface area contributed by atoms with Crippen LogP contribution < -0.4 is 5.32 Å². The molecule has 1 aromatic heterocycles. The third kappa shape index (κ3) is 3.63. The van der Waals surface area contributed by atoms with Crippen LogP contribution in [0.5, 0.6) is 0 Å². The molecule has 1 N–H and O–H groups in total. The summed E-state index contributed by atoms with van der Waals surface area (Å²) in [6, 6.07) is 1.58. The number of hydrogen-bond acceptors (Lipinski definition) is 6. The Balaban J connectivity index is 2.17. The van der Waals surface area contributed by atoms with Gasteiger partial charge in [-0.1, -0.05) is 5.16 Å². The van der Waals surface area contributed by atoms with Crippen molar-refractivity contribution in [3.8, 4) is 0 Å². The van der Waals surface area contributed by atoms with Crippen LogP contribution in [0, 0.1) is 6.92 Å². The van der Waals surface area contributed by atoms with Crippen LogP contribution in [-0.2, 0) is 14.3 Å². The maximum absolute atomic E-state index is 12.5. The van der Waals surface area contributed by atoms with Crippen LogP contribution in [0.1, 0.15) is 22.7 Å². The summed E-state index contributed by atoms with van der Waals surface area (Å²) in [5, 5.41) is 6.31. The summed E-state index contributed by atoms with van der Waals surface area (Å²) in [5.41, 5.74) is -0.630. The highest BCUT2D eigenvalue weighted by Gasteiger charge is 2.39. The van der Waals surface area contributed by atoms with E-state index in [-0.39, 0.29) is 37.1 Å². The number of nitrogens with zero attached hydrogens (tertiary/aromatic N) is 2. The molecule has 1 saturated heterocycles. The normalized spacial score (nSPS) is 22.2. The molecule has 2 heterocycles. The van der Waals surface area contributed by atoms with Gasteiger partial charge in [0.25, 0.3) is 5.91 Å². The lowest BCUT2D eigenvalue weighted by molar-refractivity contribution is -0.131. The molecule has 1 atom stereocenters. The first-order valence-electron chi connectivity index (χ1n) is 7.06. The smallest absolute Gasteiger partial charge is 0.276 e. The molecule has 1 aromatic rings. The molecule has 0 radical (unpaired) electrons. The second kappa shape index (κ2) is 6.89. The van der Waals surface area contributed by atoms with Gasteiger partial charge in [-0.15, -0.1) is 0 Å². The van der Waals surface area contributed by atoms with Gasteiger partial charge in [0, 0.05) is 26.8 Å². The lowest BCUT2D eigenvalue weighted by Crippen LogP contribution is -2.50. The van der Waals surface area contributed by atoms with Crippen molar-refractivity contribution in [2.75, 3.05) is 40.5 Å².